The molecule has 0 spiro atoms. The van der Waals surface area contributed by atoms with E-state index in [4.69, 9.17) is 0 Å². The van der Waals surface area contributed by atoms with E-state index in [1.54, 1.807) is 0 Å². The molecule has 2 saturated heterocycles. The third-order valence-corrected chi connectivity index (χ3v) is 7.09. The number of likely N-dealkylation sites (tertiary alicyclic amines) is 2. The highest BCUT2D eigenvalue weighted by Crippen LogP contribution is 2.36. The van der Waals surface area contributed by atoms with Crippen molar-refractivity contribution in [2.24, 2.45) is 11.8 Å². The summed E-state index contributed by atoms with van der Waals surface area (Å²) in [6.07, 6.45) is 9.44. The van der Waals surface area contributed by atoms with Gasteiger partial charge in [0.25, 0.3) is 0 Å². The number of piperidine rings is 1. The molecule has 168 valence electrons. The van der Waals surface area contributed by atoms with Crippen molar-refractivity contribution >= 4 is 18.3 Å². The summed E-state index contributed by atoms with van der Waals surface area (Å²) in [6, 6.07) is 10.5. The van der Waals surface area contributed by atoms with E-state index < -0.39 is 0 Å². The molecule has 8 heteroatoms. The van der Waals surface area contributed by atoms with Gasteiger partial charge in [0, 0.05) is 18.5 Å². The first-order chi connectivity index (χ1) is 14.8. The van der Waals surface area contributed by atoms with Crippen LogP contribution in [0.5, 0.6) is 0 Å². The summed E-state index contributed by atoms with van der Waals surface area (Å²) >= 11 is 0. The van der Waals surface area contributed by atoms with E-state index >= 15 is 0 Å². The number of para-hydroxylation sites is 1. The third kappa shape index (κ3) is 5.09. The maximum atomic E-state index is 12.9. The van der Waals surface area contributed by atoms with E-state index in [0.29, 0.717) is 23.8 Å². The minimum atomic E-state index is 0. The van der Waals surface area contributed by atoms with Gasteiger partial charge >= 0.3 is 0 Å². The molecule has 1 unspecified atom stereocenters. The highest BCUT2D eigenvalue weighted by molar-refractivity contribution is 5.85. The van der Waals surface area contributed by atoms with Crippen LogP contribution in [0.15, 0.2) is 30.3 Å². The number of nitrogens with zero attached hydrogens (tertiary/aromatic N) is 6. The van der Waals surface area contributed by atoms with Crippen LogP contribution in [0.25, 0.3) is 5.69 Å². The molecular weight excluding hydrogens is 412 g/mol. The average Bonchev–Trinajstić information content (AvgIpc) is 3.58. The number of tetrazole rings is 1. The van der Waals surface area contributed by atoms with Gasteiger partial charge in [-0.1, -0.05) is 31.0 Å². The van der Waals surface area contributed by atoms with Gasteiger partial charge in [0.1, 0.15) is 0 Å². The molecule has 0 N–H and O–H groups in total. The van der Waals surface area contributed by atoms with E-state index in [1.807, 2.05) is 35.0 Å². The van der Waals surface area contributed by atoms with E-state index in [1.165, 1.54) is 25.7 Å². The topological polar surface area (TPSA) is 67.2 Å². The molecule has 1 atom stereocenters. The van der Waals surface area contributed by atoms with Gasteiger partial charge in [0.2, 0.25) is 5.91 Å². The Bertz CT molecular complexity index is 847. The molecular formula is C23H33ClN6O. The van der Waals surface area contributed by atoms with Crippen molar-refractivity contribution in [2.75, 3.05) is 19.6 Å². The van der Waals surface area contributed by atoms with Crippen molar-refractivity contribution in [3.05, 3.63) is 36.2 Å². The maximum Gasteiger partial charge on any atom is 0.225 e. The predicted octanol–water partition coefficient (Wildman–Crippen LogP) is 3.48. The van der Waals surface area contributed by atoms with Gasteiger partial charge in [0.15, 0.2) is 5.82 Å². The normalized spacial score (nSPS) is 23.2. The Morgan fingerprint density at radius 3 is 2.45 bits per heavy atom. The van der Waals surface area contributed by atoms with Crippen LogP contribution in [-0.2, 0) is 11.3 Å². The second-order valence-corrected chi connectivity index (χ2v) is 9.18. The predicted molar refractivity (Wildman–Crippen MR) is 121 cm³/mol. The molecule has 1 saturated carbocycles. The number of halogens is 1. The zero-order valence-electron chi connectivity index (χ0n) is 18.1. The first kappa shape index (κ1) is 22.2. The summed E-state index contributed by atoms with van der Waals surface area (Å²) in [7, 11) is 0. The monoisotopic (exact) mass is 444 g/mol. The lowest BCUT2D eigenvalue weighted by Gasteiger charge is -2.40. The highest BCUT2D eigenvalue weighted by Gasteiger charge is 2.39. The van der Waals surface area contributed by atoms with Crippen molar-refractivity contribution in [3.63, 3.8) is 0 Å². The number of hydrogen-bond donors (Lipinski definition) is 0. The molecule has 7 nitrogen and oxygen atoms in total. The summed E-state index contributed by atoms with van der Waals surface area (Å²) in [5, 5.41) is 12.4. The van der Waals surface area contributed by atoms with Crippen LogP contribution < -0.4 is 0 Å². The molecule has 2 aliphatic heterocycles. The van der Waals surface area contributed by atoms with Crippen molar-refractivity contribution in [2.45, 2.75) is 64.0 Å². The largest absolute Gasteiger partial charge is 0.339 e. The van der Waals surface area contributed by atoms with Gasteiger partial charge in [-0.3, -0.25) is 9.69 Å². The molecule has 3 fully saturated rings. The Balaban J connectivity index is 0.00000231. The lowest BCUT2D eigenvalue weighted by Crippen LogP contribution is -2.48. The van der Waals surface area contributed by atoms with Gasteiger partial charge in [0.05, 0.1) is 12.2 Å². The lowest BCUT2D eigenvalue weighted by molar-refractivity contribution is -0.136. The number of carbonyl (C=O) groups excluding carboxylic acids is 1. The highest BCUT2D eigenvalue weighted by atomic mass is 35.5. The zero-order valence-corrected chi connectivity index (χ0v) is 18.9. The Morgan fingerprint density at radius 1 is 0.935 bits per heavy atom. The number of aromatic nitrogens is 4. The SMILES string of the molecule is Cl.O=C(C1CC1)N1CCCCCC1C1CCN(Cc2nnnn2-c2ccccc2)CC1. The van der Waals surface area contributed by atoms with Crippen LogP contribution in [0.3, 0.4) is 0 Å². The first-order valence-corrected chi connectivity index (χ1v) is 11.6. The van der Waals surface area contributed by atoms with Crippen LogP contribution in [0, 0.1) is 11.8 Å². The van der Waals surface area contributed by atoms with Gasteiger partial charge in [-0.2, -0.15) is 4.68 Å². The molecule has 1 aromatic heterocycles. The fraction of sp³-hybridized carbons (Fsp3) is 0.652. The van der Waals surface area contributed by atoms with Crippen LogP contribution in [-0.4, -0.2) is 61.6 Å². The van der Waals surface area contributed by atoms with Crippen LogP contribution in [0.1, 0.15) is 57.2 Å². The third-order valence-electron chi connectivity index (χ3n) is 7.09. The van der Waals surface area contributed by atoms with Crippen LogP contribution in [0.2, 0.25) is 0 Å². The van der Waals surface area contributed by atoms with Gasteiger partial charge < -0.3 is 4.90 Å². The van der Waals surface area contributed by atoms with Gasteiger partial charge in [-0.05, 0) is 80.1 Å². The minimum absolute atomic E-state index is 0. The second kappa shape index (κ2) is 10.1. The Labute approximate surface area is 190 Å². The molecule has 31 heavy (non-hydrogen) atoms. The van der Waals surface area contributed by atoms with E-state index in [-0.39, 0.29) is 12.4 Å². The summed E-state index contributed by atoms with van der Waals surface area (Å²) in [5.41, 5.74) is 1.00. The molecule has 0 radical (unpaired) electrons. The molecule has 0 bridgehead atoms. The fourth-order valence-corrected chi connectivity index (χ4v) is 5.23. The minimum Gasteiger partial charge on any atom is -0.339 e. The summed E-state index contributed by atoms with van der Waals surface area (Å²) in [6.45, 7) is 3.85. The summed E-state index contributed by atoms with van der Waals surface area (Å²) < 4.78 is 1.84. The van der Waals surface area contributed by atoms with Gasteiger partial charge in [-0.25, -0.2) is 0 Å². The Hall–Kier alpha value is -1.99. The number of rotatable bonds is 5. The van der Waals surface area contributed by atoms with Crippen molar-refractivity contribution in [1.82, 2.24) is 30.0 Å². The molecule has 2 aromatic rings. The van der Waals surface area contributed by atoms with Crippen LogP contribution in [0.4, 0.5) is 0 Å². The van der Waals surface area contributed by atoms with E-state index in [9.17, 15) is 4.79 Å². The second-order valence-electron chi connectivity index (χ2n) is 9.18. The number of amides is 1. The lowest BCUT2D eigenvalue weighted by atomic mass is 9.86. The number of hydrogen-bond acceptors (Lipinski definition) is 5. The Kier molecular flexibility index (Phi) is 7.23. The summed E-state index contributed by atoms with van der Waals surface area (Å²) in [4.78, 5) is 17.7. The molecule has 1 amide bonds. The smallest absolute Gasteiger partial charge is 0.225 e. The number of carbonyl (C=O) groups is 1. The molecule has 1 aliphatic carbocycles. The van der Waals surface area contributed by atoms with Crippen LogP contribution >= 0.6 is 12.4 Å². The van der Waals surface area contributed by atoms with Gasteiger partial charge in [-0.15, -0.1) is 17.5 Å². The molecule has 5 rings (SSSR count). The Morgan fingerprint density at radius 2 is 1.71 bits per heavy atom. The number of benzene rings is 1. The molecule has 1 aromatic carbocycles. The first-order valence-electron chi connectivity index (χ1n) is 11.6. The van der Waals surface area contributed by atoms with E-state index in [0.717, 1.165) is 63.4 Å². The molecule has 3 aliphatic rings. The fourth-order valence-electron chi connectivity index (χ4n) is 5.23. The van der Waals surface area contributed by atoms with Crippen molar-refractivity contribution in [1.29, 1.82) is 0 Å². The van der Waals surface area contributed by atoms with Crippen molar-refractivity contribution in [3.8, 4) is 5.69 Å². The quantitative estimate of drug-likeness (QED) is 0.706. The average molecular weight is 445 g/mol. The standard InChI is InChI=1S/C23H32N6O.ClH/c30-23(19-10-11-19)28-14-6-2-5-9-21(28)18-12-15-27(16-13-18)17-22-24-25-26-29(22)20-7-3-1-4-8-20;/h1,3-4,7-8,18-19,21H,2,5-6,9-17H2;1H. The molecule has 3 heterocycles. The maximum absolute atomic E-state index is 12.9. The zero-order chi connectivity index (χ0) is 20.3. The van der Waals surface area contributed by atoms with Crippen molar-refractivity contribution < 1.29 is 4.79 Å². The van der Waals surface area contributed by atoms with E-state index in [2.05, 4.69) is 25.3 Å². The summed E-state index contributed by atoms with van der Waals surface area (Å²) in [5.74, 6) is 2.31.